The van der Waals surface area contributed by atoms with Crippen molar-refractivity contribution >= 4 is 17.5 Å². The molecule has 1 aliphatic heterocycles. The molecule has 9 heteroatoms. The Morgan fingerprint density at radius 1 is 1.19 bits per heavy atom. The number of carbonyl (C=O) groups is 2. The maximum absolute atomic E-state index is 13.1. The largest absolute Gasteiger partial charge is 0.480 e. The van der Waals surface area contributed by atoms with Crippen LogP contribution in [0.15, 0.2) is 48.5 Å². The average molecular weight is 449 g/mol. The van der Waals surface area contributed by atoms with E-state index >= 15 is 0 Å². The summed E-state index contributed by atoms with van der Waals surface area (Å²) >= 11 is 0. The summed E-state index contributed by atoms with van der Waals surface area (Å²) in [6.07, 6.45) is -3.98. The molecule has 0 aromatic heterocycles. The van der Waals surface area contributed by atoms with Crippen LogP contribution in [0.3, 0.4) is 0 Å². The highest BCUT2D eigenvalue weighted by Crippen LogP contribution is 2.36. The third kappa shape index (κ3) is 6.23. The number of halogens is 3. The SMILES string of the molecule is CC(Oc1ccccc1C(F)(F)F)C(=O)Nc1ccc(CN2CCCC(C(N)=O)C2)cc1. The third-order valence-corrected chi connectivity index (χ3v) is 5.40. The van der Waals surface area contributed by atoms with Crippen molar-refractivity contribution < 1.29 is 27.5 Å². The lowest BCUT2D eigenvalue weighted by Crippen LogP contribution is -2.40. The number of amides is 2. The van der Waals surface area contributed by atoms with Gasteiger partial charge in [0.15, 0.2) is 6.10 Å². The van der Waals surface area contributed by atoms with Crippen LogP contribution in [0.5, 0.6) is 5.75 Å². The summed E-state index contributed by atoms with van der Waals surface area (Å²) in [5.41, 5.74) is 6.01. The van der Waals surface area contributed by atoms with Gasteiger partial charge in [0.1, 0.15) is 5.75 Å². The Balaban J connectivity index is 1.56. The number of alkyl halides is 3. The van der Waals surface area contributed by atoms with E-state index in [9.17, 15) is 22.8 Å². The molecular weight excluding hydrogens is 423 g/mol. The van der Waals surface area contributed by atoms with E-state index in [1.54, 1.807) is 12.1 Å². The van der Waals surface area contributed by atoms with Crippen molar-refractivity contribution in [3.8, 4) is 5.75 Å². The first-order chi connectivity index (χ1) is 15.1. The van der Waals surface area contributed by atoms with E-state index < -0.39 is 29.5 Å². The molecule has 2 amide bonds. The van der Waals surface area contributed by atoms with E-state index in [2.05, 4.69) is 10.2 Å². The van der Waals surface area contributed by atoms with Crippen molar-refractivity contribution in [2.24, 2.45) is 11.7 Å². The average Bonchev–Trinajstić information content (AvgIpc) is 2.75. The van der Waals surface area contributed by atoms with Crippen LogP contribution in [-0.4, -0.2) is 35.9 Å². The Hall–Kier alpha value is -3.07. The van der Waals surface area contributed by atoms with Gasteiger partial charge in [-0.15, -0.1) is 0 Å². The number of likely N-dealkylation sites (tertiary alicyclic amines) is 1. The van der Waals surface area contributed by atoms with Gasteiger partial charge in [-0.25, -0.2) is 0 Å². The van der Waals surface area contributed by atoms with Gasteiger partial charge in [0, 0.05) is 18.8 Å². The second-order valence-corrected chi connectivity index (χ2v) is 7.92. The quantitative estimate of drug-likeness (QED) is 0.673. The van der Waals surface area contributed by atoms with Crippen LogP contribution in [0.25, 0.3) is 0 Å². The smallest absolute Gasteiger partial charge is 0.419 e. The molecule has 3 rings (SSSR count). The summed E-state index contributed by atoms with van der Waals surface area (Å²) in [5, 5.41) is 2.65. The highest BCUT2D eigenvalue weighted by molar-refractivity contribution is 5.94. The summed E-state index contributed by atoms with van der Waals surface area (Å²) in [5.74, 6) is -1.36. The number of hydrogen-bond donors (Lipinski definition) is 2. The fraction of sp³-hybridized carbons (Fsp3) is 0.391. The minimum absolute atomic E-state index is 0.133. The minimum atomic E-state index is -4.57. The molecule has 1 heterocycles. The topological polar surface area (TPSA) is 84.7 Å². The van der Waals surface area contributed by atoms with Gasteiger partial charge >= 0.3 is 6.18 Å². The highest BCUT2D eigenvalue weighted by atomic mass is 19.4. The molecule has 0 bridgehead atoms. The molecule has 0 aliphatic carbocycles. The van der Waals surface area contributed by atoms with Crippen LogP contribution in [0.2, 0.25) is 0 Å². The van der Waals surface area contributed by atoms with Crippen LogP contribution >= 0.6 is 0 Å². The molecule has 172 valence electrons. The molecule has 1 saturated heterocycles. The van der Waals surface area contributed by atoms with Gasteiger partial charge in [0.2, 0.25) is 5.91 Å². The van der Waals surface area contributed by atoms with E-state index in [0.29, 0.717) is 18.8 Å². The summed E-state index contributed by atoms with van der Waals surface area (Å²) in [4.78, 5) is 26.0. The van der Waals surface area contributed by atoms with Crippen molar-refractivity contribution in [2.45, 2.75) is 38.6 Å². The fourth-order valence-corrected chi connectivity index (χ4v) is 3.67. The standard InChI is InChI=1S/C23H26F3N3O3/c1-15(32-20-7-3-2-6-19(20)23(24,25)26)22(31)28-18-10-8-16(9-11-18)13-29-12-4-5-17(14-29)21(27)30/h2-3,6-11,15,17H,4-5,12-14H2,1H3,(H2,27,30)(H,28,31). The van der Waals surface area contributed by atoms with Crippen LogP contribution in [0.1, 0.15) is 30.9 Å². The van der Waals surface area contributed by atoms with Crippen molar-refractivity contribution in [3.05, 3.63) is 59.7 Å². The number of nitrogens with one attached hydrogen (secondary N) is 1. The number of primary amides is 1. The number of anilines is 1. The number of para-hydroxylation sites is 1. The predicted molar refractivity (Wildman–Crippen MR) is 114 cm³/mol. The van der Waals surface area contributed by atoms with Crippen LogP contribution in [0, 0.1) is 5.92 Å². The van der Waals surface area contributed by atoms with Gasteiger partial charge in [-0.2, -0.15) is 13.2 Å². The monoisotopic (exact) mass is 449 g/mol. The zero-order valence-electron chi connectivity index (χ0n) is 17.7. The normalized spacial score (nSPS) is 18.1. The zero-order chi connectivity index (χ0) is 23.3. The molecule has 0 spiro atoms. The minimum Gasteiger partial charge on any atom is -0.480 e. The van der Waals surface area contributed by atoms with Crippen molar-refractivity contribution in [1.82, 2.24) is 4.90 Å². The number of carbonyl (C=O) groups excluding carboxylic acids is 2. The second-order valence-electron chi connectivity index (χ2n) is 7.92. The number of hydrogen-bond acceptors (Lipinski definition) is 4. The molecule has 1 fully saturated rings. The molecule has 2 atom stereocenters. The maximum Gasteiger partial charge on any atom is 0.419 e. The molecular formula is C23H26F3N3O3. The van der Waals surface area contributed by atoms with Crippen molar-refractivity contribution in [2.75, 3.05) is 18.4 Å². The first kappa shape index (κ1) is 23.6. The Morgan fingerprint density at radius 2 is 1.88 bits per heavy atom. The molecule has 1 aliphatic rings. The van der Waals surface area contributed by atoms with Crippen molar-refractivity contribution in [1.29, 1.82) is 0 Å². The molecule has 0 radical (unpaired) electrons. The second kappa shape index (κ2) is 10.0. The maximum atomic E-state index is 13.1. The lowest BCUT2D eigenvalue weighted by atomic mass is 9.97. The van der Waals surface area contributed by atoms with E-state index in [-0.39, 0.29) is 11.8 Å². The Morgan fingerprint density at radius 3 is 2.53 bits per heavy atom. The number of nitrogens with two attached hydrogens (primary N) is 1. The number of piperidine rings is 1. The lowest BCUT2D eigenvalue weighted by Gasteiger charge is -2.31. The number of benzene rings is 2. The Labute approximate surface area is 184 Å². The lowest BCUT2D eigenvalue weighted by molar-refractivity contribution is -0.140. The fourth-order valence-electron chi connectivity index (χ4n) is 3.67. The highest BCUT2D eigenvalue weighted by Gasteiger charge is 2.34. The van der Waals surface area contributed by atoms with Crippen LogP contribution in [-0.2, 0) is 22.3 Å². The van der Waals surface area contributed by atoms with Crippen LogP contribution in [0.4, 0.5) is 18.9 Å². The summed E-state index contributed by atoms with van der Waals surface area (Å²) in [6, 6.07) is 11.9. The van der Waals surface area contributed by atoms with Gasteiger partial charge in [-0.1, -0.05) is 24.3 Å². The van der Waals surface area contributed by atoms with Gasteiger partial charge in [0.25, 0.3) is 5.91 Å². The summed E-state index contributed by atoms with van der Waals surface area (Å²) in [6.45, 7) is 3.56. The Kier molecular flexibility index (Phi) is 7.40. The number of rotatable bonds is 7. The third-order valence-electron chi connectivity index (χ3n) is 5.40. The first-order valence-corrected chi connectivity index (χ1v) is 10.4. The van der Waals surface area contributed by atoms with Gasteiger partial charge in [0.05, 0.1) is 11.5 Å². The first-order valence-electron chi connectivity index (χ1n) is 10.4. The molecule has 3 N–H and O–H groups in total. The number of nitrogens with zero attached hydrogens (tertiary/aromatic N) is 1. The predicted octanol–water partition coefficient (Wildman–Crippen LogP) is 3.81. The molecule has 2 aromatic carbocycles. The Bertz CT molecular complexity index is 947. The molecule has 6 nitrogen and oxygen atoms in total. The van der Waals surface area contributed by atoms with E-state index in [1.165, 1.54) is 25.1 Å². The van der Waals surface area contributed by atoms with Gasteiger partial charge in [-0.3, -0.25) is 14.5 Å². The summed E-state index contributed by atoms with van der Waals surface area (Å²) in [7, 11) is 0. The zero-order valence-corrected chi connectivity index (χ0v) is 17.7. The van der Waals surface area contributed by atoms with E-state index in [0.717, 1.165) is 31.0 Å². The van der Waals surface area contributed by atoms with Gasteiger partial charge in [-0.05, 0) is 56.1 Å². The molecule has 0 saturated carbocycles. The van der Waals surface area contributed by atoms with Gasteiger partial charge < -0.3 is 15.8 Å². The molecule has 2 aromatic rings. The molecule has 32 heavy (non-hydrogen) atoms. The van der Waals surface area contributed by atoms with Crippen molar-refractivity contribution in [3.63, 3.8) is 0 Å². The van der Waals surface area contributed by atoms with Crippen LogP contribution < -0.4 is 15.8 Å². The summed E-state index contributed by atoms with van der Waals surface area (Å²) < 4.78 is 44.6. The number of ether oxygens (including phenoxy) is 1. The van der Waals surface area contributed by atoms with E-state index in [4.69, 9.17) is 10.5 Å². The molecule has 2 unspecified atom stereocenters. The van der Waals surface area contributed by atoms with E-state index in [1.807, 2.05) is 12.1 Å².